The van der Waals surface area contributed by atoms with Crippen LogP contribution in [0.5, 0.6) is 0 Å². The molecule has 0 saturated carbocycles. The zero-order valence-corrected chi connectivity index (χ0v) is 12.2. The summed E-state index contributed by atoms with van der Waals surface area (Å²) in [5.41, 5.74) is 10.1. The van der Waals surface area contributed by atoms with E-state index in [0.29, 0.717) is 5.92 Å². The number of hydrogen-bond acceptors (Lipinski definition) is 3. The van der Waals surface area contributed by atoms with E-state index >= 15 is 0 Å². The van der Waals surface area contributed by atoms with Crippen LogP contribution in [0, 0.1) is 0 Å². The number of imidazole rings is 1. The van der Waals surface area contributed by atoms with Gasteiger partial charge < -0.3 is 10.7 Å². The van der Waals surface area contributed by atoms with E-state index < -0.39 is 0 Å². The second kappa shape index (κ2) is 6.06. The van der Waals surface area contributed by atoms with E-state index in [-0.39, 0.29) is 0 Å². The van der Waals surface area contributed by atoms with Crippen LogP contribution in [-0.2, 0) is 0 Å². The molecule has 0 aliphatic rings. The fraction of sp³-hybridized carbons (Fsp3) is 0.294. The number of H-pyrrole nitrogens is 1. The van der Waals surface area contributed by atoms with Crippen molar-refractivity contribution in [2.24, 2.45) is 5.73 Å². The topological polar surface area (TPSA) is 67.6 Å². The van der Waals surface area contributed by atoms with Crippen LogP contribution in [0.3, 0.4) is 0 Å². The Morgan fingerprint density at radius 3 is 2.76 bits per heavy atom. The summed E-state index contributed by atoms with van der Waals surface area (Å²) >= 11 is 0. The number of nitrogens with zero attached hydrogens (tertiary/aromatic N) is 2. The number of aromatic nitrogens is 3. The summed E-state index contributed by atoms with van der Waals surface area (Å²) in [6.45, 7) is 3.00. The monoisotopic (exact) mass is 280 g/mol. The molecule has 0 radical (unpaired) electrons. The second-order valence-corrected chi connectivity index (χ2v) is 5.43. The number of nitrogens with one attached hydrogen (secondary N) is 1. The Morgan fingerprint density at radius 2 is 2.00 bits per heavy atom. The highest BCUT2D eigenvalue weighted by Crippen LogP contribution is 2.25. The van der Waals surface area contributed by atoms with E-state index in [4.69, 9.17) is 5.73 Å². The van der Waals surface area contributed by atoms with Crippen LogP contribution < -0.4 is 5.73 Å². The molecule has 1 atom stereocenters. The molecule has 2 aromatic heterocycles. The third-order valence-electron chi connectivity index (χ3n) is 3.87. The number of hydrogen-bond donors (Lipinski definition) is 2. The van der Waals surface area contributed by atoms with E-state index in [9.17, 15) is 0 Å². The van der Waals surface area contributed by atoms with Crippen molar-refractivity contribution in [2.45, 2.75) is 25.7 Å². The number of fused-ring (bicyclic) bond motifs is 1. The zero-order chi connectivity index (χ0) is 14.7. The van der Waals surface area contributed by atoms with Crippen molar-refractivity contribution in [1.82, 2.24) is 15.0 Å². The summed E-state index contributed by atoms with van der Waals surface area (Å²) < 4.78 is 0. The van der Waals surface area contributed by atoms with E-state index in [1.54, 1.807) is 12.4 Å². The second-order valence-electron chi connectivity index (χ2n) is 5.43. The summed E-state index contributed by atoms with van der Waals surface area (Å²) in [6, 6.07) is 10.4. The molecule has 21 heavy (non-hydrogen) atoms. The Bertz CT molecular complexity index is 718. The van der Waals surface area contributed by atoms with Crippen molar-refractivity contribution in [3.8, 4) is 11.4 Å². The Labute approximate surface area is 124 Å². The maximum atomic E-state index is 5.59. The number of pyridine rings is 1. The van der Waals surface area contributed by atoms with Crippen LogP contribution in [-0.4, -0.2) is 21.5 Å². The van der Waals surface area contributed by atoms with Crippen LogP contribution in [0.25, 0.3) is 22.4 Å². The SMILES string of the molecule is CC(CCCN)c1ccc2nc(-c3ccncc3)[nH]c2c1. The largest absolute Gasteiger partial charge is 0.338 e. The first-order chi connectivity index (χ1) is 10.3. The highest BCUT2D eigenvalue weighted by atomic mass is 14.9. The molecule has 4 heteroatoms. The first kappa shape index (κ1) is 13.8. The van der Waals surface area contributed by atoms with E-state index in [1.165, 1.54) is 5.56 Å². The molecule has 3 aromatic rings. The van der Waals surface area contributed by atoms with Crippen LogP contribution in [0.2, 0.25) is 0 Å². The lowest BCUT2D eigenvalue weighted by molar-refractivity contribution is 0.641. The van der Waals surface area contributed by atoms with Crippen LogP contribution in [0.15, 0.2) is 42.7 Å². The molecular weight excluding hydrogens is 260 g/mol. The lowest BCUT2D eigenvalue weighted by Gasteiger charge is -2.10. The molecule has 0 fully saturated rings. The van der Waals surface area contributed by atoms with Gasteiger partial charge in [-0.15, -0.1) is 0 Å². The predicted molar refractivity (Wildman–Crippen MR) is 86.0 cm³/mol. The summed E-state index contributed by atoms with van der Waals surface area (Å²) in [7, 11) is 0. The Morgan fingerprint density at radius 1 is 1.19 bits per heavy atom. The van der Waals surface area contributed by atoms with Gasteiger partial charge in [-0.1, -0.05) is 13.0 Å². The van der Waals surface area contributed by atoms with Crippen molar-refractivity contribution >= 4 is 11.0 Å². The minimum absolute atomic E-state index is 0.519. The Balaban J connectivity index is 1.92. The molecule has 0 aliphatic carbocycles. The minimum Gasteiger partial charge on any atom is -0.338 e. The van der Waals surface area contributed by atoms with Gasteiger partial charge in [-0.2, -0.15) is 0 Å². The van der Waals surface area contributed by atoms with Crippen LogP contribution in [0.4, 0.5) is 0 Å². The minimum atomic E-state index is 0.519. The number of nitrogens with two attached hydrogens (primary N) is 1. The normalized spacial score (nSPS) is 12.7. The molecule has 0 spiro atoms. The van der Waals surface area contributed by atoms with Gasteiger partial charge in [0.1, 0.15) is 5.82 Å². The highest BCUT2D eigenvalue weighted by molar-refractivity contribution is 5.80. The van der Waals surface area contributed by atoms with Gasteiger partial charge in [0.15, 0.2) is 0 Å². The van der Waals surface area contributed by atoms with Gasteiger partial charge in [0.25, 0.3) is 0 Å². The van der Waals surface area contributed by atoms with Crippen molar-refractivity contribution in [2.75, 3.05) is 6.54 Å². The zero-order valence-electron chi connectivity index (χ0n) is 12.2. The molecular formula is C17H20N4. The van der Waals surface area contributed by atoms with Crippen LogP contribution >= 0.6 is 0 Å². The molecule has 3 rings (SSSR count). The molecule has 3 N–H and O–H groups in total. The first-order valence-corrected chi connectivity index (χ1v) is 7.38. The maximum absolute atomic E-state index is 5.59. The van der Waals surface area contributed by atoms with E-state index in [0.717, 1.165) is 41.8 Å². The number of benzene rings is 1. The van der Waals surface area contributed by atoms with Gasteiger partial charge in [0.05, 0.1) is 11.0 Å². The lowest BCUT2D eigenvalue weighted by atomic mass is 9.96. The summed E-state index contributed by atoms with van der Waals surface area (Å²) in [6.07, 6.45) is 5.74. The average molecular weight is 280 g/mol. The highest BCUT2D eigenvalue weighted by Gasteiger charge is 2.09. The third kappa shape index (κ3) is 2.95. The van der Waals surface area contributed by atoms with Gasteiger partial charge in [-0.05, 0) is 55.1 Å². The molecule has 0 bridgehead atoms. The van der Waals surface area contributed by atoms with Gasteiger partial charge in [-0.3, -0.25) is 4.98 Å². The quantitative estimate of drug-likeness (QED) is 0.752. The molecule has 4 nitrogen and oxygen atoms in total. The van der Waals surface area contributed by atoms with Crippen molar-refractivity contribution in [3.63, 3.8) is 0 Å². The molecule has 0 saturated heterocycles. The summed E-state index contributed by atoms with van der Waals surface area (Å²) in [4.78, 5) is 12.1. The van der Waals surface area contributed by atoms with Gasteiger partial charge in [-0.25, -0.2) is 4.98 Å². The maximum Gasteiger partial charge on any atom is 0.138 e. The molecule has 2 heterocycles. The molecule has 1 aromatic carbocycles. The number of aromatic amines is 1. The third-order valence-corrected chi connectivity index (χ3v) is 3.87. The van der Waals surface area contributed by atoms with Gasteiger partial charge >= 0.3 is 0 Å². The average Bonchev–Trinajstić information content (AvgIpc) is 2.96. The Kier molecular flexibility index (Phi) is 3.97. The van der Waals surface area contributed by atoms with Crippen LogP contribution in [0.1, 0.15) is 31.2 Å². The van der Waals surface area contributed by atoms with Crippen molar-refractivity contribution in [3.05, 3.63) is 48.3 Å². The standard InChI is InChI=1S/C17H20N4/c1-12(3-2-8-18)14-4-5-15-16(11-14)21-17(20-15)13-6-9-19-10-7-13/h4-7,9-12H,2-3,8,18H2,1H3,(H,20,21). The Hall–Kier alpha value is -2.20. The van der Waals surface area contributed by atoms with Gasteiger partial charge in [0, 0.05) is 18.0 Å². The fourth-order valence-corrected chi connectivity index (χ4v) is 2.57. The fourth-order valence-electron chi connectivity index (χ4n) is 2.57. The first-order valence-electron chi connectivity index (χ1n) is 7.38. The van der Waals surface area contributed by atoms with Crippen molar-refractivity contribution < 1.29 is 0 Å². The van der Waals surface area contributed by atoms with E-state index in [1.807, 2.05) is 12.1 Å². The predicted octanol–water partition coefficient (Wildman–Crippen LogP) is 3.47. The van der Waals surface area contributed by atoms with Crippen molar-refractivity contribution in [1.29, 1.82) is 0 Å². The lowest BCUT2D eigenvalue weighted by Crippen LogP contribution is -2.01. The molecule has 0 amide bonds. The molecule has 1 unspecified atom stereocenters. The summed E-state index contributed by atoms with van der Waals surface area (Å²) in [5, 5.41) is 0. The van der Waals surface area contributed by atoms with E-state index in [2.05, 4.69) is 40.1 Å². The molecule has 108 valence electrons. The van der Waals surface area contributed by atoms with Gasteiger partial charge in [0.2, 0.25) is 0 Å². The summed E-state index contributed by atoms with van der Waals surface area (Å²) in [5.74, 6) is 1.41. The molecule has 0 aliphatic heterocycles. The number of rotatable bonds is 5. The smallest absolute Gasteiger partial charge is 0.138 e.